The number of alkyl halides is 1. The van der Waals surface area contributed by atoms with E-state index < -0.39 is 17.6 Å². The normalized spacial score (nSPS) is 21.7. The number of hydrogen-bond acceptors (Lipinski definition) is 3. The van der Waals surface area contributed by atoms with Gasteiger partial charge in [-0.1, -0.05) is 46.3 Å². The van der Waals surface area contributed by atoms with Crippen LogP contribution in [0.3, 0.4) is 0 Å². The van der Waals surface area contributed by atoms with Gasteiger partial charge in [0.05, 0.1) is 5.92 Å². The lowest BCUT2D eigenvalue weighted by Crippen LogP contribution is -2.44. The van der Waals surface area contributed by atoms with Gasteiger partial charge in [-0.15, -0.1) is 0 Å². The average molecular weight is 672 g/mol. The van der Waals surface area contributed by atoms with E-state index in [2.05, 4.69) is 59.6 Å². The van der Waals surface area contributed by atoms with Crippen molar-refractivity contribution in [2.75, 3.05) is 26.2 Å². The molecule has 2 aromatic carbocycles. The minimum Gasteiger partial charge on any atom is -0.342 e. The van der Waals surface area contributed by atoms with Crippen LogP contribution in [0.1, 0.15) is 78.7 Å². The second-order valence-corrected chi connectivity index (χ2v) is 13.5. The van der Waals surface area contributed by atoms with Crippen molar-refractivity contribution in [2.45, 2.75) is 68.9 Å². The number of nitrogens with one attached hydrogen (secondary N) is 1. The summed E-state index contributed by atoms with van der Waals surface area (Å²) in [6.07, 6.45) is 1.57. The molecule has 0 spiro atoms. The second-order valence-electron chi connectivity index (χ2n) is 11.8. The summed E-state index contributed by atoms with van der Waals surface area (Å²) in [5.74, 6) is -1.78. The Bertz CT molecular complexity index is 1240. The molecule has 0 bridgehead atoms. The Morgan fingerprint density at radius 1 is 1.08 bits per heavy atom. The standard InChI is InChI=1S/C30H37ClF2IN3O2/c1-17-12-22(23(14-26(17)31)28(34)35-18(2)38)19-8-10-36(11-9-19)29(39)25-16-37(30(3,4)5)15-24(25)21-7-6-20(32)13-27(21)33/h6-7,12-14,19,24-25,28H,8-11,15-16H2,1-5H3,(H,35,38). The fraction of sp³-hybridized carbons (Fsp3) is 0.533. The molecule has 2 fully saturated rings. The van der Waals surface area contributed by atoms with Crippen molar-refractivity contribution >= 4 is 46.0 Å². The van der Waals surface area contributed by atoms with Crippen LogP contribution in [0.4, 0.5) is 8.78 Å². The van der Waals surface area contributed by atoms with Gasteiger partial charge in [0.2, 0.25) is 11.8 Å². The molecule has 3 unspecified atom stereocenters. The number of rotatable bonds is 5. The summed E-state index contributed by atoms with van der Waals surface area (Å²) in [5, 5.41) is 3.62. The fourth-order valence-corrected chi connectivity index (χ4v) is 7.06. The Balaban J connectivity index is 1.53. The van der Waals surface area contributed by atoms with Crippen molar-refractivity contribution < 1.29 is 18.4 Å². The molecule has 1 N–H and O–H groups in total. The number of nitrogens with zero attached hydrogens (tertiary/aromatic N) is 2. The van der Waals surface area contributed by atoms with Crippen LogP contribution in [-0.2, 0) is 9.59 Å². The molecule has 39 heavy (non-hydrogen) atoms. The molecule has 2 aliphatic rings. The highest BCUT2D eigenvalue weighted by Crippen LogP contribution is 2.41. The molecule has 2 amide bonds. The lowest BCUT2D eigenvalue weighted by Gasteiger charge is -2.36. The SMILES string of the molecule is CC(=O)NC(I)c1cc(Cl)c(C)cc1C1CCN(C(=O)C2CN(C(C)(C)C)CC2c2ccc(F)cc2F)CC1. The van der Waals surface area contributed by atoms with Crippen LogP contribution in [-0.4, -0.2) is 53.3 Å². The maximum absolute atomic E-state index is 14.9. The van der Waals surface area contributed by atoms with E-state index in [4.69, 9.17) is 11.6 Å². The lowest BCUT2D eigenvalue weighted by atomic mass is 9.84. The van der Waals surface area contributed by atoms with Crippen LogP contribution in [0.5, 0.6) is 0 Å². The molecular formula is C30H37ClF2IN3O2. The van der Waals surface area contributed by atoms with Gasteiger partial charge in [0.1, 0.15) is 15.7 Å². The summed E-state index contributed by atoms with van der Waals surface area (Å²) in [6.45, 7) is 12.0. The summed E-state index contributed by atoms with van der Waals surface area (Å²) in [4.78, 5) is 29.8. The number of hydrogen-bond donors (Lipinski definition) is 1. The van der Waals surface area contributed by atoms with Crippen molar-refractivity contribution in [1.29, 1.82) is 0 Å². The number of carbonyl (C=O) groups is 2. The minimum absolute atomic E-state index is 0.0337. The fourth-order valence-electron chi connectivity index (χ4n) is 5.91. The Hall–Kier alpha value is -1.78. The van der Waals surface area contributed by atoms with Crippen molar-refractivity contribution in [3.8, 4) is 0 Å². The van der Waals surface area contributed by atoms with E-state index >= 15 is 0 Å². The van der Waals surface area contributed by atoms with Crippen LogP contribution in [0.25, 0.3) is 0 Å². The highest BCUT2D eigenvalue weighted by atomic mass is 127. The summed E-state index contributed by atoms with van der Waals surface area (Å²) >= 11 is 8.67. The molecule has 9 heteroatoms. The van der Waals surface area contributed by atoms with Crippen molar-refractivity contribution in [3.05, 3.63) is 69.2 Å². The van der Waals surface area contributed by atoms with E-state index in [0.717, 1.165) is 35.6 Å². The summed E-state index contributed by atoms with van der Waals surface area (Å²) in [5.41, 5.74) is 3.36. The van der Waals surface area contributed by atoms with Gasteiger partial charge in [-0.3, -0.25) is 14.5 Å². The van der Waals surface area contributed by atoms with Gasteiger partial charge >= 0.3 is 0 Å². The minimum atomic E-state index is -0.615. The summed E-state index contributed by atoms with van der Waals surface area (Å²) in [7, 11) is 0. The number of benzene rings is 2. The van der Waals surface area contributed by atoms with Gasteiger partial charge in [0, 0.05) is 55.6 Å². The maximum Gasteiger partial charge on any atom is 0.227 e. The first-order chi connectivity index (χ1) is 18.3. The molecule has 2 aromatic rings. The molecule has 2 saturated heterocycles. The van der Waals surface area contributed by atoms with Gasteiger partial charge in [-0.25, -0.2) is 8.78 Å². The number of amides is 2. The Morgan fingerprint density at radius 2 is 1.74 bits per heavy atom. The molecule has 0 aliphatic carbocycles. The Morgan fingerprint density at radius 3 is 2.33 bits per heavy atom. The smallest absolute Gasteiger partial charge is 0.227 e. The van der Waals surface area contributed by atoms with Crippen LogP contribution >= 0.6 is 34.2 Å². The number of aryl methyl sites for hydroxylation is 1. The molecule has 5 nitrogen and oxygen atoms in total. The first-order valence-electron chi connectivity index (χ1n) is 13.5. The predicted octanol–water partition coefficient (Wildman–Crippen LogP) is 6.72. The van der Waals surface area contributed by atoms with E-state index in [1.807, 2.05) is 17.9 Å². The third-order valence-corrected chi connectivity index (χ3v) is 9.55. The van der Waals surface area contributed by atoms with E-state index in [0.29, 0.717) is 36.8 Å². The molecule has 3 atom stereocenters. The molecule has 4 rings (SSSR count). The van der Waals surface area contributed by atoms with E-state index in [9.17, 15) is 18.4 Å². The molecule has 0 aromatic heterocycles. The van der Waals surface area contributed by atoms with Gasteiger partial charge in [-0.05, 0) is 80.8 Å². The summed E-state index contributed by atoms with van der Waals surface area (Å²) < 4.78 is 28.3. The van der Waals surface area contributed by atoms with Gasteiger partial charge in [-0.2, -0.15) is 0 Å². The van der Waals surface area contributed by atoms with Crippen LogP contribution in [0.15, 0.2) is 30.3 Å². The molecule has 2 aliphatic heterocycles. The lowest BCUT2D eigenvalue weighted by molar-refractivity contribution is -0.136. The molecular weight excluding hydrogens is 635 g/mol. The van der Waals surface area contributed by atoms with Crippen LogP contribution < -0.4 is 5.32 Å². The number of piperidine rings is 1. The second kappa shape index (κ2) is 12.0. The Kier molecular flexibility index (Phi) is 9.28. The number of likely N-dealkylation sites (tertiary alicyclic amines) is 2. The van der Waals surface area contributed by atoms with Crippen molar-refractivity contribution in [1.82, 2.24) is 15.1 Å². The maximum atomic E-state index is 14.9. The third-order valence-electron chi connectivity index (χ3n) is 8.16. The zero-order chi connectivity index (χ0) is 28.6. The molecule has 2 heterocycles. The Labute approximate surface area is 248 Å². The monoisotopic (exact) mass is 671 g/mol. The first kappa shape index (κ1) is 30.2. The zero-order valence-corrected chi connectivity index (χ0v) is 26.1. The summed E-state index contributed by atoms with van der Waals surface area (Å²) in [6, 6.07) is 7.73. The van der Waals surface area contributed by atoms with Crippen molar-refractivity contribution in [2.24, 2.45) is 5.92 Å². The topological polar surface area (TPSA) is 52.7 Å². The number of halogens is 4. The highest BCUT2D eigenvalue weighted by Gasteiger charge is 2.44. The van der Waals surface area contributed by atoms with Crippen LogP contribution in [0.2, 0.25) is 5.02 Å². The van der Waals surface area contributed by atoms with E-state index in [1.165, 1.54) is 19.1 Å². The van der Waals surface area contributed by atoms with Crippen molar-refractivity contribution in [3.63, 3.8) is 0 Å². The van der Waals surface area contributed by atoms with Crippen LogP contribution in [0, 0.1) is 24.5 Å². The van der Waals surface area contributed by atoms with E-state index in [1.54, 1.807) is 0 Å². The zero-order valence-electron chi connectivity index (χ0n) is 23.2. The molecule has 0 radical (unpaired) electrons. The van der Waals surface area contributed by atoms with Gasteiger partial charge in [0.25, 0.3) is 0 Å². The largest absolute Gasteiger partial charge is 0.342 e. The predicted molar refractivity (Wildman–Crippen MR) is 159 cm³/mol. The quantitative estimate of drug-likeness (QED) is 0.218. The molecule has 0 saturated carbocycles. The highest BCUT2D eigenvalue weighted by molar-refractivity contribution is 14.1. The van der Waals surface area contributed by atoms with Gasteiger partial charge < -0.3 is 10.2 Å². The third kappa shape index (κ3) is 6.76. The molecule has 212 valence electrons. The van der Waals surface area contributed by atoms with E-state index in [-0.39, 0.29) is 33.2 Å². The first-order valence-corrected chi connectivity index (χ1v) is 15.1. The average Bonchev–Trinajstić information content (AvgIpc) is 3.30. The van der Waals surface area contributed by atoms with Gasteiger partial charge in [0.15, 0.2) is 0 Å². The number of carbonyl (C=O) groups excluding carboxylic acids is 2.